The summed E-state index contributed by atoms with van der Waals surface area (Å²) in [5, 5.41) is 2.46. The number of hydrogen-bond donors (Lipinski definition) is 1. The van der Waals surface area contributed by atoms with E-state index in [-0.39, 0.29) is 23.2 Å². The van der Waals surface area contributed by atoms with E-state index in [1.165, 1.54) is 45.2 Å². The van der Waals surface area contributed by atoms with Crippen molar-refractivity contribution in [3.63, 3.8) is 0 Å². The Morgan fingerprint density at radius 2 is 1.71 bits per heavy atom. The topological polar surface area (TPSA) is 80.3 Å². The normalized spacial score (nSPS) is 17.6. The second kappa shape index (κ2) is 11.4. The molecule has 1 heterocycles. The standard InChI is InChI=1S/C24H30FN3O5S/c1-27(2)11-10-26-22(29)18-14-34-24(15-6-8-17(25)9-7-15)28(18)23(30)16-12-19(31-3)21(33-5)20(13-16)32-4/h6-9,12-13,18,24H,10-11,14H2,1-5H3,(H,26,29). The van der Waals surface area contributed by atoms with E-state index in [4.69, 9.17) is 14.2 Å². The molecule has 0 radical (unpaired) electrons. The first-order valence-corrected chi connectivity index (χ1v) is 11.8. The van der Waals surface area contributed by atoms with E-state index in [0.717, 1.165) is 5.56 Å². The number of likely N-dealkylation sites (N-methyl/N-ethyl adjacent to an activating group) is 1. The van der Waals surface area contributed by atoms with E-state index in [1.54, 1.807) is 29.2 Å². The summed E-state index contributed by atoms with van der Waals surface area (Å²) in [6.07, 6.45) is 0. The predicted octanol–water partition coefficient (Wildman–Crippen LogP) is 2.79. The van der Waals surface area contributed by atoms with Gasteiger partial charge in [0, 0.05) is 24.4 Å². The number of nitrogens with zero attached hydrogens (tertiary/aromatic N) is 2. The molecule has 1 fully saturated rings. The van der Waals surface area contributed by atoms with Gasteiger partial charge in [-0.05, 0) is 43.9 Å². The minimum absolute atomic E-state index is 0.236. The van der Waals surface area contributed by atoms with Crippen LogP contribution in [-0.2, 0) is 4.79 Å². The zero-order chi connectivity index (χ0) is 24.8. The van der Waals surface area contributed by atoms with E-state index in [1.807, 2.05) is 19.0 Å². The van der Waals surface area contributed by atoms with Crippen molar-refractivity contribution in [1.29, 1.82) is 0 Å². The van der Waals surface area contributed by atoms with Gasteiger partial charge in [0.05, 0.1) is 21.3 Å². The maximum Gasteiger partial charge on any atom is 0.256 e. The maximum absolute atomic E-state index is 13.8. The van der Waals surface area contributed by atoms with E-state index >= 15 is 0 Å². The van der Waals surface area contributed by atoms with Crippen LogP contribution in [0.2, 0.25) is 0 Å². The molecule has 1 aliphatic rings. The number of ether oxygens (including phenoxy) is 3. The van der Waals surface area contributed by atoms with Crippen molar-refractivity contribution in [2.24, 2.45) is 0 Å². The first-order chi connectivity index (χ1) is 16.3. The highest BCUT2D eigenvalue weighted by Crippen LogP contribution is 2.44. The summed E-state index contributed by atoms with van der Waals surface area (Å²) in [4.78, 5) is 30.4. The molecule has 34 heavy (non-hydrogen) atoms. The summed E-state index contributed by atoms with van der Waals surface area (Å²) in [6, 6.07) is 8.40. The van der Waals surface area contributed by atoms with Crippen LogP contribution in [0, 0.1) is 5.82 Å². The van der Waals surface area contributed by atoms with Gasteiger partial charge in [-0.15, -0.1) is 11.8 Å². The Hall–Kier alpha value is -2.98. The highest BCUT2D eigenvalue weighted by atomic mass is 32.2. The number of halogens is 1. The third-order valence-electron chi connectivity index (χ3n) is 5.46. The van der Waals surface area contributed by atoms with Gasteiger partial charge in [-0.1, -0.05) is 12.1 Å². The summed E-state index contributed by atoms with van der Waals surface area (Å²) < 4.78 is 29.7. The van der Waals surface area contributed by atoms with Crippen LogP contribution in [0.25, 0.3) is 0 Å². The number of amides is 2. The van der Waals surface area contributed by atoms with Gasteiger partial charge in [0.1, 0.15) is 17.2 Å². The first-order valence-electron chi connectivity index (χ1n) is 10.7. The number of hydrogen-bond acceptors (Lipinski definition) is 7. The highest BCUT2D eigenvalue weighted by molar-refractivity contribution is 7.99. The van der Waals surface area contributed by atoms with Gasteiger partial charge in [-0.3, -0.25) is 9.59 Å². The smallest absolute Gasteiger partial charge is 0.256 e. The average Bonchev–Trinajstić information content (AvgIpc) is 3.27. The molecule has 184 valence electrons. The van der Waals surface area contributed by atoms with Crippen LogP contribution in [0.4, 0.5) is 4.39 Å². The second-order valence-electron chi connectivity index (χ2n) is 7.97. The van der Waals surface area contributed by atoms with E-state index in [2.05, 4.69) is 5.32 Å². The number of benzene rings is 2. The van der Waals surface area contributed by atoms with Crippen molar-refractivity contribution in [2.75, 3.05) is 54.3 Å². The molecule has 3 rings (SSSR count). The Kier molecular flexibility index (Phi) is 8.62. The van der Waals surface area contributed by atoms with Crippen LogP contribution in [-0.4, -0.2) is 81.9 Å². The lowest BCUT2D eigenvalue weighted by Crippen LogP contribution is -2.49. The van der Waals surface area contributed by atoms with E-state index in [0.29, 0.717) is 36.1 Å². The van der Waals surface area contributed by atoms with Crippen LogP contribution in [0.15, 0.2) is 36.4 Å². The number of carbonyl (C=O) groups is 2. The lowest BCUT2D eigenvalue weighted by molar-refractivity contribution is -0.124. The minimum atomic E-state index is -0.700. The number of thioether (sulfide) groups is 1. The molecule has 10 heteroatoms. The van der Waals surface area contributed by atoms with Crippen LogP contribution in [0.5, 0.6) is 17.2 Å². The summed E-state index contributed by atoms with van der Waals surface area (Å²) in [7, 11) is 8.27. The molecule has 0 aromatic heterocycles. The Bertz CT molecular complexity index is 993. The fourth-order valence-electron chi connectivity index (χ4n) is 3.71. The fourth-order valence-corrected chi connectivity index (χ4v) is 5.14. The number of methoxy groups -OCH3 is 3. The van der Waals surface area contributed by atoms with Gasteiger partial charge in [0.25, 0.3) is 5.91 Å². The first kappa shape index (κ1) is 25.6. The molecule has 0 saturated carbocycles. The van der Waals surface area contributed by atoms with Crippen LogP contribution in [0.1, 0.15) is 21.3 Å². The van der Waals surface area contributed by atoms with Crippen molar-refractivity contribution in [1.82, 2.24) is 15.1 Å². The van der Waals surface area contributed by atoms with Gasteiger partial charge in [0.2, 0.25) is 11.7 Å². The lowest BCUT2D eigenvalue weighted by atomic mass is 10.1. The number of rotatable bonds is 9. The van der Waals surface area contributed by atoms with Crippen molar-refractivity contribution in [3.8, 4) is 17.2 Å². The molecule has 0 aliphatic carbocycles. The molecule has 2 amide bonds. The lowest BCUT2D eigenvalue weighted by Gasteiger charge is -2.29. The Labute approximate surface area is 203 Å². The molecule has 2 aromatic rings. The molecule has 1 aliphatic heterocycles. The predicted molar refractivity (Wildman–Crippen MR) is 129 cm³/mol. The molecule has 1 N–H and O–H groups in total. The largest absolute Gasteiger partial charge is 0.493 e. The Morgan fingerprint density at radius 1 is 1.09 bits per heavy atom. The third-order valence-corrected chi connectivity index (χ3v) is 6.79. The summed E-state index contributed by atoms with van der Waals surface area (Å²) in [5.74, 6) is 0.472. The summed E-state index contributed by atoms with van der Waals surface area (Å²) in [5.41, 5.74) is 1.02. The van der Waals surface area contributed by atoms with Crippen molar-refractivity contribution >= 4 is 23.6 Å². The number of carbonyl (C=O) groups excluding carboxylic acids is 2. The van der Waals surface area contributed by atoms with Crippen molar-refractivity contribution < 1.29 is 28.2 Å². The molecular weight excluding hydrogens is 461 g/mol. The van der Waals surface area contributed by atoms with Crippen molar-refractivity contribution in [3.05, 3.63) is 53.3 Å². The SMILES string of the molecule is COc1cc(C(=O)N2C(C(=O)NCCN(C)C)CSC2c2ccc(F)cc2)cc(OC)c1OC. The van der Waals surface area contributed by atoms with Gasteiger partial charge in [0.15, 0.2) is 11.5 Å². The van der Waals surface area contributed by atoms with Crippen LogP contribution < -0.4 is 19.5 Å². The maximum atomic E-state index is 13.8. The molecular formula is C24H30FN3O5S. The molecule has 8 nitrogen and oxygen atoms in total. The Balaban J connectivity index is 1.99. The molecule has 2 unspecified atom stereocenters. The van der Waals surface area contributed by atoms with Crippen LogP contribution in [0.3, 0.4) is 0 Å². The zero-order valence-corrected chi connectivity index (χ0v) is 20.8. The van der Waals surface area contributed by atoms with Gasteiger partial charge >= 0.3 is 0 Å². The Morgan fingerprint density at radius 3 is 2.24 bits per heavy atom. The van der Waals surface area contributed by atoms with E-state index in [9.17, 15) is 14.0 Å². The highest BCUT2D eigenvalue weighted by Gasteiger charge is 2.43. The molecule has 1 saturated heterocycles. The fraction of sp³-hybridized carbons (Fsp3) is 0.417. The molecule has 2 aromatic carbocycles. The molecule has 0 spiro atoms. The molecule has 0 bridgehead atoms. The van der Waals surface area contributed by atoms with Crippen LogP contribution >= 0.6 is 11.8 Å². The zero-order valence-electron chi connectivity index (χ0n) is 20.0. The minimum Gasteiger partial charge on any atom is -0.493 e. The molecule has 2 atom stereocenters. The van der Waals surface area contributed by atoms with Crippen molar-refractivity contribution in [2.45, 2.75) is 11.4 Å². The third kappa shape index (κ3) is 5.56. The van der Waals surface area contributed by atoms with E-state index < -0.39 is 11.4 Å². The average molecular weight is 492 g/mol. The summed E-state index contributed by atoms with van der Waals surface area (Å²) in [6.45, 7) is 1.13. The van der Waals surface area contributed by atoms with Gasteiger partial charge in [-0.2, -0.15) is 0 Å². The second-order valence-corrected chi connectivity index (χ2v) is 9.09. The van der Waals surface area contributed by atoms with Gasteiger partial charge in [-0.25, -0.2) is 4.39 Å². The summed E-state index contributed by atoms with van der Waals surface area (Å²) >= 11 is 1.46. The monoisotopic (exact) mass is 491 g/mol. The number of nitrogens with one attached hydrogen (secondary N) is 1. The van der Waals surface area contributed by atoms with Gasteiger partial charge < -0.3 is 29.3 Å². The quantitative estimate of drug-likeness (QED) is 0.578.